The number of nitrogens with zero attached hydrogens (tertiary/aromatic N) is 1. The molecular formula is C15H29NO2. The Kier molecular flexibility index (Phi) is 5.05. The van der Waals surface area contributed by atoms with Gasteiger partial charge in [-0.1, -0.05) is 25.7 Å². The van der Waals surface area contributed by atoms with E-state index in [4.69, 9.17) is 4.74 Å². The van der Waals surface area contributed by atoms with Crippen molar-refractivity contribution < 1.29 is 9.84 Å². The molecule has 2 aliphatic rings. The molecule has 1 aliphatic heterocycles. The quantitative estimate of drug-likeness (QED) is 0.786. The summed E-state index contributed by atoms with van der Waals surface area (Å²) in [5.41, 5.74) is 0.160. The van der Waals surface area contributed by atoms with Gasteiger partial charge in [-0.3, -0.25) is 4.90 Å². The van der Waals surface area contributed by atoms with E-state index < -0.39 is 0 Å². The zero-order valence-electron chi connectivity index (χ0n) is 12.0. The second-order valence-corrected chi connectivity index (χ2v) is 6.52. The zero-order valence-corrected chi connectivity index (χ0v) is 12.0. The Hall–Kier alpha value is -0.120. The van der Waals surface area contributed by atoms with Crippen LogP contribution in [0.25, 0.3) is 0 Å². The minimum atomic E-state index is 0.160. The maximum atomic E-state index is 9.87. The van der Waals surface area contributed by atoms with Crippen molar-refractivity contribution in [2.75, 3.05) is 26.2 Å². The fraction of sp³-hybridized carbons (Fsp3) is 1.00. The second kappa shape index (κ2) is 6.36. The molecule has 1 aliphatic carbocycles. The molecule has 1 saturated carbocycles. The van der Waals surface area contributed by atoms with Crippen LogP contribution in [0.2, 0.25) is 0 Å². The average Bonchev–Trinajstić information content (AvgIpc) is 2.54. The Bertz CT molecular complexity index is 239. The van der Waals surface area contributed by atoms with Gasteiger partial charge in [-0.2, -0.15) is 0 Å². The number of hydrogen-bond acceptors (Lipinski definition) is 3. The molecule has 106 valence electrons. The maximum Gasteiger partial charge on any atom is 0.0678 e. The molecule has 3 heteroatoms. The van der Waals surface area contributed by atoms with Gasteiger partial charge in [0.2, 0.25) is 0 Å². The first-order chi connectivity index (χ1) is 8.63. The lowest BCUT2D eigenvalue weighted by Crippen LogP contribution is -2.50. The highest BCUT2D eigenvalue weighted by Gasteiger charge is 2.34. The highest BCUT2D eigenvalue weighted by molar-refractivity contribution is 4.86. The highest BCUT2D eigenvalue weighted by atomic mass is 16.5. The molecule has 0 aromatic heterocycles. The van der Waals surface area contributed by atoms with Gasteiger partial charge in [-0.15, -0.1) is 0 Å². The SMILES string of the molecule is CC1CN(CC2(CO)CCCCCC2)CC(C)O1. The molecule has 1 N–H and O–H groups in total. The second-order valence-electron chi connectivity index (χ2n) is 6.52. The van der Waals surface area contributed by atoms with Gasteiger partial charge in [-0.05, 0) is 26.7 Å². The van der Waals surface area contributed by atoms with E-state index >= 15 is 0 Å². The van der Waals surface area contributed by atoms with Crippen LogP contribution >= 0.6 is 0 Å². The summed E-state index contributed by atoms with van der Waals surface area (Å²) in [7, 11) is 0. The van der Waals surface area contributed by atoms with Crippen molar-refractivity contribution in [3.8, 4) is 0 Å². The largest absolute Gasteiger partial charge is 0.396 e. The molecule has 2 atom stereocenters. The van der Waals surface area contributed by atoms with Gasteiger partial charge in [0.05, 0.1) is 12.2 Å². The van der Waals surface area contributed by atoms with Crippen molar-refractivity contribution in [3.63, 3.8) is 0 Å². The maximum absolute atomic E-state index is 9.87. The third-order valence-electron chi connectivity index (χ3n) is 4.55. The normalized spacial score (nSPS) is 34.2. The molecule has 0 aromatic rings. The van der Waals surface area contributed by atoms with E-state index in [2.05, 4.69) is 18.7 Å². The summed E-state index contributed by atoms with van der Waals surface area (Å²) in [5, 5.41) is 9.87. The smallest absolute Gasteiger partial charge is 0.0678 e. The van der Waals surface area contributed by atoms with Gasteiger partial charge >= 0.3 is 0 Å². The summed E-state index contributed by atoms with van der Waals surface area (Å²) in [6.45, 7) is 7.76. The summed E-state index contributed by atoms with van der Waals surface area (Å²) in [4.78, 5) is 2.51. The molecule has 2 unspecified atom stereocenters. The van der Waals surface area contributed by atoms with Crippen molar-refractivity contribution in [2.45, 2.75) is 64.6 Å². The number of aliphatic hydroxyl groups is 1. The molecule has 3 nitrogen and oxygen atoms in total. The molecular weight excluding hydrogens is 226 g/mol. The molecule has 2 fully saturated rings. The van der Waals surface area contributed by atoms with Crippen LogP contribution < -0.4 is 0 Å². The Labute approximate surface area is 112 Å². The topological polar surface area (TPSA) is 32.7 Å². The first kappa shape index (κ1) is 14.3. The summed E-state index contributed by atoms with van der Waals surface area (Å²) in [5.74, 6) is 0. The average molecular weight is 255 g/mol. The fourth-order valence-corrected chi connectivity index (χ4v) is 3.73. The highest BCUT2D eigenvalue weighted by Crippen LogP contribution is 2.36. The van der Waals surface area contributed by atoms with Crippen LogP contribution in [0.4, 0.5) is 0 Å². The molecule has 1 saturated heterocycles. The van der Waals surface area contributed by atoms with Crippen molar-refractivity contribution in [1.82, 2.24) is 4.90 Å². The third kappa shape index (κ3) is 3.69. The standard InChI is InChI=1S/C15H29NO2/c1-13-9-16(10-14(2)18-13)11-15(12-17)7-5-3-4-6-8-15/h13-14,17H,3-12H2,1-2H3. The Morgan fingerprint density at radius 2 is 1.61 bits per heavy atom. The molecule has 0 radical (unpaired) electrons. The van der Waals surface area contributed by atoms with E-state index in [1.807, 2.05) is 0 Å². The lowest BCUT2D eigenvalue weighted by Gasteiger charge is -2.41. The molecule has 0 bridgehead atoms. The Morgan fingerprint density at radius 3 is 2.11 bits per heavy atom. The third-order valence-corrected chi connectivity index (χ3v) is 4.55. The molecule has 2 rings (SSSR count). The zero-order chi connectivity index (χ0) is 13.0. The number of ether oxygens (including phenoxy) is 1. The van der Waals surface area contributed by atoms with Gasteiger partial charge in [-0.25, -0.2) is 0 Å². The molecule has 0 aromatic carbocycles. The lowest BCUT2D eigenvalue weighted by molar-refractivity contribution is -0.0832. The van der Waals surface area contributed by atoms with Crippen LogP contribution in [0.15, 0.2) is 0 Å². The number of morpholine rings is 1. The van der Waals surface area contributed by atoms with Gasteiger partial charge < -0.3 is 9.84 Å². The van der Waals surface area contributed by atoms with Crippen molar-refractivity contribution >= 4 is 0 Å². The van der Waals surface area contributed by atoms with Crippen LogP contribution in [0.1, 0.15) is 52.4 Å². The van der Waals surface area contributed by atoms with Gasteiger partial charge in [0.1, 0.15) is 0 Å². The molecule has 1 heterocycles. The Morgan fingerprint density at radius 1 is 1.06 bits per heavy atom. The van der Waals surface area contributed by atoms with Crippen LogP contribution in [0.5, 0.6) is 0 Å². The Balaban J connectivity index is 1.95. The summed E-state index contributed by atoms with van der Waals surface area (Å²) >= 11 is 0. The van der Waals surface area contributed by atoms with Crippen LogP contribution in [-0.2, 0) is 4.74 Å². The first-order valence-corrected chi connectivity index (χ1v) is 7.62. The van der Waals surface area contributed by atoms with Crippen molar-refractivity contribution in [1.29, 1.82) is 0 Å². The number of hydrogen-bond donors (Lipinski definition) is 1. The predicted molar refractivity (Wildman–Crippen MR) is 73.7 cm³/mol. The number of aliphatic hydroxyl groups excluding tert-OH is 1. The molecule has 0 spiro atoms. The molecule has 0 amide bonds. The van der Waals surface area contributed by atoms with Crippen LogP contribution in [0, 0.1) is 5.41 Å². The number of rotatable bonds is 3. The van der Waals surface area contributed by atoms with E-state index in [9.17, 15) is 5.11 Å². The van der Waals surface area contributed by atoms with E-state index in [0.717, 1.165) is 19.6 Å². The van der Waals surface area contributed by atoms with Crippen molar-refractivity contribution in [3.05, 3.63) is 0 Å². The fourth-order valence-electron chi connectivity index (χ4n) is 3.73. The monoisotopic (exact) mass is 255 g/mol. The minimum Gasteiger partial charge on any atom is -0.396 e. The van der Waals surface area contributed by atoms with Crippen LogP contribution in [-0.4, -0.2) is 48.5 Å². The first-order valence-electron chi connectivity index (χ1n) is 7.62. The van der Waals surface area contributed by atoms with E-state index in [-0.39, 0.29) is 5.41 Å². The van der Waals surface area contributed by atoms with Crippen molar-refractivity contribution in [2.24, 2.45) is 5.41 Å². The minimum absolute atomic E-state index is 0.160. The van der Waals surface area contributed by atoms with Gasteiger partial charge in [0.15, 0.2) is 0 Å². The van der Waals surface area contributed by atoms with Gasteiger partial charge in [0.25, 0.3) is 0 Å². The van der Waals surface area contributed by atoms with E-state index in [1.165, 1.54) is 38.5 Å². The van der Waals surface area contributed by atoms with Crippen LogP contribution in [0.3, 0.4) is 0 Å². The summed E-state index contributed by atoms with van der Waals surface area (Å²) < 4.78 is 5.79. The van der Waals surface area contributed by atoms with E-state index in [1.54, 1.807) is 0 Å². The summed E-state index contributed by atoms with van der Waals surface area (Å²) in [6, 6.07) is 0. The lowest BCUT2D eigenvalue weighted by atomic mass is 9.80. The molecule has 18 heavy (non-hydrogen) atoms. The van der Waals surface area contributed by atoms with Gasteiger partial charge in [0, 0.05) is 31.7 Å². The predicted octanol–water partition coefficient (Wildman–Crippen LogP) is 2.43. The summed E-state index contributed by atoms with van der Waals surface area (Å²) in [6.07, 6.45) is 8.32. The van der Waals surface area contributed by atoms with E-state index in [0.29, 0.717) is 18.8 Å².